The van der Waals surface area contributed by atoms with Gasteiger partial charge in [0.1, 0.15) is 12.2 Å². The fraction of sp³-hybridized carbons (Fsp3) is 0.630. The number of ether oxygens (including phenoxy) is 4. The highest BCUT2D eigenvalue weighted by Gasteiger charge is 2.52. The maximum Gasteiger partial charge on any atom is 0.330 e. The fourth-order valence-electron chi connectivity index (χ4n) is 5.48. The predicted molar refractivity (Wildman–Crippen MR) is 156 cm³/mol. The molecule has 264 valence electrons. The maximum atomic E-state index is 16.0. The fourth-order valence-corrected chi connectivity index (χ4v) is 6.57. The molecule has 21 heteroatoms. The second-order valence-electron chi connectivity index (χ2n) is 11.7. The Balaban J connectivity index is 1.45. The molecule has 5 heterocycles. The first kappa shape index (κ1) is 35.7. The molecule has 1 unspecified atom stereocenters. The lowest BCUT2D eigenvalue weighted by atomic mass is 9.95. The van der Waals surface area contributed by atoms with Crippen LogP contribution in [0, 0.1) is 5.92 Å². The van der Waals surface area contributed by atoms with E-state index in [0.29, 0.717) is 0 Å². The minimum absolute atomic E-state index is 0.0463. The molecule has 0 radical (unpaired) electrons. The summed E-state index contributed by atoms with van der Waals surface area (Å²) in [6.07, 6.45) is -8.71. The number of nitrogens with zero attached hydrogens (tertiary/aromatic N) is 4. The van der Waals surface area contributed by atoms with Crippen molar-refractivity contribution < 1.29 is 46.4 Å². The van der Waals surface area contributed by atoms with E-state index in [-0.39, 0.29) is 30.8 Å². The summed E-state index contributed by atoms with van der Waals surface area (Å²) in [4.78, 5) is 69.6. The molecule has 48 heavy (non-hydrogen) atoms. The number of nitrogens with one attached hydrogen (secondary N) is 2. The van der Waals surface area contributed by atoms with Crippen molar-refractivity contribution in [2.24, 2.45) is 5.92 Å². The molecule has 2 aliphatic rings. The molecule has 0 aliphatic carbocycles. The van der Waals surface area contributed by atoms with Gasteiger partial charge in [0.2, 0.25) is 0 Å². The van der Waals surface area contributed by atoms with Crippen molar-refractivity contribution in [3.05, 3.63) is 77.9 Å². The lowest BCUT2D eigenvalue weighted by Crippen LogP contribution is -2.39. The Kier molecular flexibility index (Phi) is 10.8. The van der Waals surface area contributed by atoms with Gasteiger partial charge in [-0.2, -0.15) is 4.98 Å². The first-order valence-electron chi connectivity index (χ1n) is 14.9. The Labute approximate surface area is 270 Å². The molecule has 0 aromatic carbocycles. The molecule has 3 aromatic heterocycles. The molecule has 2 N–H and O–H groups in total. The van der Waals surface area contributed by atoms with Crippen molar-refractivity contribution in [2.45, 2.75) is 89.4 Å². The van der Waals surface area contributed by atoms with E-state index < -0.39 is 85.4 Å². The highest BCUT2D eigenvalue weighted by Crippen LogP contribution is 2.50. The lowest BCUT2D eigenvalue weighted by Gasteiger charge is -2.31. The lowest BCUT2D eigenvalue weighted by molar-refractivity contribution is -0.237. The molecule has 9 atom stereocenters. The quantitative estimate of drug-likeness (QED) is 0.220. The van der Waals surface area contributed by atoms with E-state index in [4.69, 9.17) is 32.5 Å². The average molecular weight is 702 g/mol. The van der Waals surface area contributed by atoms with Gasteiger partial charge in [0.05, 0.1) is 24.9 Å². The van der Waals surface area contributed by atoms with Crippen molar-refractivity contribution in [3.63, 3.8) is 0 Å². The van der Waals surface area contributed by atoms with E-state index in [1.165, 1.54) is 21.0 Å². The van der Waals surface area contributed by atoms with Crippen LogP contribution >= 0.6 is 7.82 Å². The monoisotopic (exact) mass is 701 g/mol. The van der Waals surface area contributed by atoms with E-state index in [2.05, 4.69) is 20.1 Å². The molecule has 0 spiro atoms. The molecular formula is C27H35FN6O13P-. The van der Waals surface area contributed by atoms with Gasteiger partial charge in [0.25, 0.3) is 24.8 Å². The minimum Gasteiger partial charge on any atom is -0.756 e. The minimum atomic E-state index is -5.01. The van der Waals surface area contributed by atoms with E-state index in [9.17, 15) is 28.6 Å². The van der Waals surface area contributed by atoms with Gasteiger partial charge >= 0.3 is 11.4 Å². The zero-order chi connectivity index (χ0) is 34.9. The van der Waals surface area contributed by atoms with Gasteiger partial charge in [-0.15, -0.1) is 0 Å². The van der Waals surface area contributed by atoms with Gasteiger partial charge in [-0.1, -0.05) is 5.16 Å². The predicted octanol–water partition coefficient (Wildman–Crippen LogP) is -0.147. The number of H-pyrrole nitrogens is 2. The summed E-state index contributed by atoms with van der Waals surface area (Å²) in [6, 6.07) is 2.11. The molecule has 2 fully saturated rings. The van der Waals surface area contributed by atoms with E-state index in [0.717, 1.165) is 33.7 Å². The zero-order valence-corrected chi connectivity index (χ0v) is 27.3. The number of phosphoric acid groups is 1. The summed E-state index contributed by atoms with van der Waals surface area (Å²) in [6.45, 7) is 6.45. The largest absolute Gasteiger partial charge is 0.756 e. The van der Waals surface area contributed by atoms with Crippen molar-refractivity contribution in [1.29, 1.82) is 0 Å². The third-order valence-corrected chi connectivity index (χ3v) is 8.70. The van der Waals surface area contributed by atoms with Crippen LogP contribution in [-0.2, 0) is 39.0 Å². The van der Waals surface area contributed by atoms with E-state index >= 15 is 4.39 Å². The van der Waals surface area contributed by atoms with Crippen molar-refractivity contribution in [3.8, 4) is 0 Å². The van der Waals surface area contributed by atoms with Crippen molar-refractivity contribution in [2.75, 3.05) is 13.7 Å². The summed E-state index contributed by atoms with van der Waals surface area (Å²) in [5.41, 5.74) is -3.10. The van der Waals surface area contributed by atoms with Crippen LogP contribution in [0.3, 0.4) is 0 Å². The van der Waals surface area contributed by atoms with Crippen LogP contribution in [0.5, 0.6) is 0 Å². The van der Waals surface area contributed by atoms with Crippen molar-refractivity contribution >= 4 is 7.82 Å². The number of aromatic amines is 2. The van der Waals surface area contributed by atoms with Gasteiger partial charge in [0.15, 0.2) is 30.6 Å². The second kappa shape index (κ2) is 14.5. The summed E-state index contributed by atoms with van der Waals surface area (Å²) in [5, 5.41) is 3.94. The van der Waals surface area contributed by atoms with Gasteiger partial charge in [-0.3, -0.25) is 33.3 Å². The number of alkyl halides is 1. The zero-order valence-electron chi connectivity index (χ0n) is 26.4. The summed E-state index contributed by atoms with van der Waals surface area (Å²) >= 11 is 0. The molecule has 19 nitrogen and oxygen atoms in total. The molecule has 0 amide bonds. The number of aromatic nitrogens is 6. The summed E-state index contributed by atoms with van der Waals surface area (Å²) < 4.78 is 69.5. The molecule has 0 bridgehead atoms. The average Bonchev–Trinajstić information content (AvgIpc) is 3.67. The molecular weight excluding hydrogens is 666 g/mol. The molecule has 0 saturated carbocycles. The summed E-state index contributed by atoms with van der Waals surface area (Å²) in [5.74, 6) is -1.33. The van der Waals surface area contributed by atoms with Crippen LogP contribution in [-0.4, -0.2) is 79.7 Å². The standard InChI is InChI=1S/C27H36FN6O13P/c1-12(2)42-11-15-14(19(28)24(43-15)33-8-6-17(35)30-26(33)37)10-16-29-23(45-32-16)21-20(47-48(39,40)46-13(3)4)22(41-5)25(44-21)34-9-7-18(36)31-27(34)38/h6-9,12-15,19-22,24-25H,10-11H2,1-5H3,(H,39,40)(H,30,35,37)(H,31,36,38)/p-1/t14-,15-,19-,20-,21+,22-,24-,25-/m1/s1. The maximum absolute atomic E-state index is 16.0. The summed E-state index contributed by atoms with van der Waals surface area (Å²) in [7, 11) is -3.79. The number of rotatable bonds is 13. The highest BCUT2D eigenvalue weighted by atomic mass is 31.2. The van der Waals surface area contributed by atoms with Crippen molar-refractivity contribution in [1.82, 2.24) is 29.2 Å². The second-order valence-corrected chi connectivity index (χ2v) is 13.0. The first-order valence-corrected chi connectivity index (χ1v) is 16.4. The highest BCUT2D eigenvalue weighted by molar-refractivity contribution is 7.45. The molecule has 3 aromatic rings. The smallest absolute Gasteiger partial charge is 0.330 e. The van der Waals surface area contributed by atoms with Crippen LogP contribution < -0.4 is 27.4 Å². The van der Waals surface area contributed by atoms with Crippen LogP contribution in [0.25, 0.3) is 0 Å². The Hall–Kier alpha value is -3.62. The third kappa shape index (κ3) is 7.81. The number of methoxy groups -OCH3 is 1. The van der Waals surface area contributed by atoms with Gasteiger partial charge in [-0.05, 0) is 27.7 Å². The van der Waals surface area contributed by atoms with Gasteiger partial charge in [0, 0.05) is 44.0 Å². The third-order valence-electron chi connectivity index (χ3n) is 7.52. The van der Waals surface area contributed by atoms with Crippen LogP contribution in [0.2, 0.25) is 0 Å². The molecule has 5 rings (SSSR count). The number of phosphoric ester groups is 1. The molecule has 2 aliphatic heterocycles. The van der Waals surface area contributed by atoms with E-state index in [1.54, 1.807) is 13.8 Å². The number of hydrogen-bond donors (Lipinski definition) is 2. The SMILES string of the molecule is CO[C@@H]1[C@H](OP(=O)([O-])OC(C)C)[C@@H](c2nc(C[C@H]3[C@@H](F)[C@H](n4ccc(=O)[nH]c4=O)O[C@@H]3COC(C)C)no2)O[C@H]1n1ccc(=O)[nH]c1=O. The Morgan fingerprint density at radius 3 is 2.17 bits per heavy atom. The number of halogens is 1. The van der Waals surface area contributed by atoms with Gasteiger partial charge < -0.3 is 37.4 Å². The van der Waals surface area contributed by atoms with E-state index in [1.807, 2.05) is 0 Å². The van der Waals surface area contributed by atoms with Crippen LogP contribution in [0.15, 0.2) is 48.2 Å². The normalized spacial score (nSPS) is 28.8. The topological polar surface area (TPSA) is 244 Å². The molecule has 2 saturated heterocycles. The van der Waals surface area contributed by atoms with Crippen LogP contribution in [0.1, 0.15) is 58.0 Å². The number of hydrogen-bond acceptors (Lipinski definition) is 15. The Morgan fingerprint density at radius 1 is 0.979 bits per heavy atom. The Bertz CT molecular complexity index is 1860. The first-order chi connectivity index (χ1) is 22.7. The Morgan fingerprint density at radius 2 is 1.60 bits per heavy atom. The van der Waals surface area contributed by atoms with Crippen LogP contribution in [0.4, 0.5) is 4.39 Å². The van der Waals surface area contributed by atoms with Gasteiger partial charge in [-0.25, -0.2) is 14.0 Å².